The first-order valence-corrected chi connectivity index (χ1v) is 12.2. The minimum atomic E-state index is -0.989. The second kappa shape index (κ2) is 11.2. The summed E-state index contributed by atoms with van der Waals surface area (Å²) in [5.41, 5.74) is 1.68. The number of hydrogen-bond acceptors (Lipinski definition) is 6. The molecule has 1 heterocycles. The number of para-hydroxylation sites is 1. The first kappa shape index (κ1) is 26.5. The number of rotatable bonds is 9. The van der Waals surface area contributed by atoms with Gasteiger partial charge in [-0.3, -0.25) is 19.3 Å². The molecular weight excluding hydrogens is 486 g/mol. The zero-order valence-corrected chi connectivity index (χ0v) is 21.4. The number of carboxylic acids is 1. The van der Waals surface area contributed by atoms with Gasteiger partial charge in [0.2, 0.25) is 0 Å². The SMILES string of the molecule is COc1ccccc1C1/C(=C(/O)c2cccc(OCC(C)C)c2)C(=O)C(=O)N1c1ccc(CC(=O)O)cc1. The maximum atomic E-state index is 13.4. The van der Waals surface area contributed by atoms with Gasteiger partial charge in [-0.25, -0.2) is 0 Å². The lowest BCUT2D eigenvalue weighted by molar-refractivity contribution is -0.136. The summed E-state index contributed by atoms with van der Waals surface area (Å²) in [6.45, 7) is 4.52. The molecule has 3 aromatic carbocycles. The third-order valence-corrected chi connectivity index (χ3v) is 6.14. The number of carbonyl (C=O) groups is 3. The molecule has 2 N–H and O–H groups in total. The first-order valence-electron chi connectivity index (χ1n) is 12.2. The molecule has 1 aliphatic rings. The van der Waals surface area contributed by atoms with E-state index < -0.39 is 23.7 Å². The Morgan fingerprint density at radius 1 is 0.974 bits per heavy atom. The summed E-state index contributed by atoms with van der Waals surface area (Å²) in [7, 11) is 1.49. The van der Waals surface area contributed by atoms with Crippen LogP contribution in [0, 0.1) is 5.92 Å². The second-order valence-electron chi connectivity index (χ2n) is 9.38. The molecule has 0 bridgehead atoms. The number of aliphatic hydroxyl groups is 1. The molecule has 1 saturated heterocycles. The van der Waals surface area contributed by atoms with Gasteiger partial charge in [0, 0.05) is 16.8 Å². The second-order valence-corrected chi connectivity index (χ2v) is 9.38. The van der Waals surface area contributed by atoms with Gasteiger partial charge in [-0.1, -0.05) is 56.3 Å². The Labute approximate surface area is 220 Å². The molecule has 8 nitrogen and oxygen atoms in total. The van der Waals surface area contributed by atoms with Crippen LogP contribution in [0.1, 0.15) is 36.6 Å². The fourth-order valence-corrected chi connectivity index (χ4v) is 4.39. The molecular formula is C30H29NO7. The quantitative estimate of drug-likeness (QED) is 0.235. The number of anilines is 1. The highest BCUT2D eigenvalue weighted by Crippen LogP contribution is 2.45. The van der Waals surface area contributed by atoms with E-state index in [1.165, 1.54) is 12.0 Å². The lowest BCUT2D eigenvalue weighted by atomic mass is 9.94. The maximum absolute atomic E-state index is 13.4. The fraction of sp³-hybridized carbons (Fsp3) is 0.233. The van der Waals surface area contributed by atoms with Crippen molar-refractivity contribution in [2.24, 2.45) is 5.92 Å². The monoisotopic (exact) mass is 515 g/mol. The van der Waals surface area contributed by atoms with Crippen molar-refractivity contribution in [2.45, 2.75) is 26.3 Å². The third-order valence-electron chi connectivity index (χ3n) is 6.14. The van der Waals surface area contributed by atoms with Gasteiger partial charge < -0.3 is 19.7 Å². The molecule has 196 valence electrons. The minimum Gasteiger partial charge on any atom is -0.507 e. The molecule has 1 aliphatic heterocycles. The van der Waals surface area contributed by atoms with Crippen LogP contribution in [0.15, 0.2) is 78.4 Å². The average molecular weight is 516 g/mol. The van der Waals surface area contributed by atoms with Crippen LogP contribution >= 0.6 is 0 Å². The Bertz CT molecular complexity index is 1390. The molecule has 1 unspecified atom stereocenters. The minimum absolute atomic E-state index is 0.0878. The van der Waals surface area contributed by atoms with Crippen LogP contribution in [0.25, 0.3) is 5.76 Å². The molecule has 0 spiro atoms. The Morgan fingerprint density at radius 2 is 1.68 bits per heavy atom. The number of aliphatic carboxylic acids is 1. The van der Waals surface area contributed by atoms with Crippen LogP contribution in [0.3, 0.4) is 0 Å². The third kappa shape index (κ3) is 5.39. The Kier molecular flexibility index (Phi) is 7.81. The van der Waals surface area contributed by atoms with E-state index >= 15 is 0 Å². The topological polar surface area (TPSA) is 113 Å². The summed E-state index contributed by atoms with van der Waals surface area (Å²) >= 11 is 0. The molecule has 0 aliphatic carbocycles. The number of ether oxygens (including phenoxy) is 2. The standard InChI is InChI=1S/C30H29NO7/c1-18(2)17-38-22-8-6-7-20(16-22)28(34)26-27(23-9-4-5-10-24(23)37-3)31(30(36)29(26)35)21-13-11-19(12-14-21)15-25(32)33/h4-14,16,18,27,34H,15,17H2,1-3H3,(H,32,33)/b28-26-. The van der Waals surface area contributed by atoms with Gasteiger partial charge in [-0.05, 0) is 41.8 Å². The molecule has 1 fully saturated rings. The number of amides is 1. The molecule has 0 aromatic heterocycles. The van der Waals surface area contributed by atoms with Crippen molar-refractivity contribution in [3.05, 3.63) is 95.1 Å². The van der Waals surface area contributed by atoms with E-state index in [0.29, 0.717) is 46.4 Å². The number of carbonyl (C=O) groups excluding carboxylic acids is 2. The zero-order valence-electron chi connectivity index (χ0n) is 21.4. The maximum Gasteiger partial charge on any atom is 0.307 e. The predicted molar refractivity (Wildman–Crippen MR) is 142 cm³/mol. The molecule has 1 amide bonds. The summed E-state index contributed by atoms with van der Waals surface area (Å²) in [5.74, 6) is -1.72. The van der Waals surface area contributed by atoms with Gasteiger partial charge in [0.25, 0.3) is 11.7 Å². The highest BCUT2D eigenvalue weighted by molar-refractivity contribution is 6.51. The fourth-order valence-electron chi connectivity index (χ4n) is 4.39. The number of ketones is 1. The first-order chi connectivity index (χ1) is 18.2. The van der Waals surface area contributed by atoms with Gasteiger partial charge in [-0.15, -0.1) is 0 Å². The molecule has 0 radical (unpaired) electrons. The number of Topliss-reactive ketones (excluding diaryl/α,β-unsaturated/α-hetero) is 1. The van der Waals surface area contributed by atoms with E-state index in [9.17, 15) is 19.5 Å². The van der Waals surface area contributed by atoms with Crippen molar-refractivity contribution in [2.75, 3.05) is 18.6 Å². The van der Waals surface area contributed by atoms with Crippen LogP contribution in [0.4, 0.5) is 5.69 Å². The summed E-state index contributed by atoms with van der Waals surface area (Å²) in [6.07, 6.45) is -0.176. The predicted octanol–water partition coefficient (Wildman–Crippen LogP) is 4.98. The van der Waals surface area contributed by atoms with Gasteiger partial charge >= 0.3 is 5.97 Å². The van der Waals surface area contributed by atoms with Crippen LogP contribution < -0.4 is 14.4 Å². The largest absolute Gasteiger partial charge is 0.507 e. The average Bonchev–Trinajstić information content (AvgIpc) is 3.17. The van der Waals surface area contributed by atoms with E-state index in [2.05, 4.69) is 0 Å². The van der Waals surface area contributed by atoms with Crippen molar-refractivity contribution in [3.63, 3.8) is 0 Å². The summed E-state index contributed by atoms with van der Waals surface area (Å²) in [5, 5.41) is 20.5. The van der Waals surface area contributed by atoms with E-state index in [1.54, 1.807) is 72.8 Å². The number of hydrogen-bond donors (Lipinski definition) is 2. The normalized spacial score (nSPS) is 16.6. The molecule has 4 rings (SSSR count). The summed E-state index contributed by atoms with van der Waals surface area (Å²) in [6, 6.07) is 19.1. The smallest absolute Gasteiger partial charge is 0.307 e. The number of carboxylic acid groups (broad SMARTS) is 1. The lowest BCUT2D eigenvalue weighted by Gasteiger charge is -2.26. The highest BCUT2D eigenvalue weighted by atomic mass is 16.5. The van der Waals surface area contributed by atoms with Gasteiger partial charge in [0.05, 0.1) is 31.8 Å². The number of nitrogens with zero attached hydrogens (tertiary/aromatic N) is 1. The van der Waals surface area contributed by atoms with E-state index in [-0.39, 0.29) is 17.8 Å². The van der Waals surface area contributed by atoms with E-state index in [4.69, 9.17) is 14.6 Å². The van der Waals surface area contributed by atoms with Gasteiger partial charge in [0.1, 0.15) is 17.3 Å². The van der Waals surface area contributed by atoms with E-state index in [0.717, 1.165) is 0 Å². The number of aliphatic hydroxyl groups excluding tert-OH is 1. The Hall–Kier alpha value is -4.59. The van der Waals surface area contributed by atoms with Crippen molar-refractivity contribution < 1.29 is 34.1 Å². The van der Waals surface area contributed by atoms with Crippen molar-refractivity contribution >= 4 is 29.1 Å². The van der Waals surface area contributed by atoms with Gasteiger partial charge in [-0.2, -0.15) is 0 Å². The molecule has 0 saturated carbocycles. The number of methoxy groups -OCH3 is 1. The Balaban J connectivity index is 1.86. The van der Waals surface area contributed by atoms with Crippen LogP contribution in [-0.2, 0) is 20.8 Å². The molecule has 38 heavy (non-hydrogen) atoms. The molecule has 1 atom stereocenters. The van der Waals surface area contributed by atoms with Crippen molar-refractivity contribution in [3.8, 4) is 11.5 Å². The van der Waals surface area contributed by atoms with Crippen LogP contribution in [-0.4, -0.2) is 41.6 Å². The summed E-state index contributed by atoms with van der Waals surface area (Å²) in [4.78, 5) is 39.3. The van der Waals surface area contributed by atoms with Crippen molar-refractivity contribution in [1.82, 2.24) is 0 Å². The summed E-state index contributed by atoms with van der Waals surface area (Å²) < 4.78 is 11.3. The lowest BCUT2D eigenvalue weighted by Crippen LogP contribution is -2.29. The number of benzene rings is 3. The zero-order chi connectivity index (χ0) is 27.4. The Morgan fingerprint density at radius 3 is 2.34 bits per heavy atom. The van der Waals surface area contributed by atoms with Crippen LogP contribution in [0.2, 0.25) is 0 Å². The van der Waals surface area contributed by atoms with Crippen LogP contribution in [0.5, 0.6) is 11.5 Å². The molecule has 3 aromatic rings. The van der Waals surface area contributed by atoms with E-state index in [1.807, 2.05) is 13.8 Å². The highest BCUT2D eigenvalue weighted by Gasteiger charge is 2.47. The van der Waals surface area contributed by atoms with Crippen molar-refractivity contribution in [1.29, 1.82) is 0 Å². The molecule has 8 heteroatoms. The van der Waals surface area contributed by atoms with Gasteiger partial charge in [0.15, 0.2) is 0 Å².